The van der Waals surface area contributed by atoms with E-state index in [9.17, 15) is 8.78 Å². The number of alkyl halides is 2. The van der Waals surface area contributed by atoms with Crippen LogP contribution in [0.3, 0.4) is 0 Å². The Kier molecular flexibility index (Phi) is 5.00. The monoisotopic (exact) mass is 261 g/mol. The fourth-order valence-corrected chi connectivity index (χ4v) is 1.95. The first-order chi connectivity index (χ1) is 8.75. The highest BCUT2D eigenvalue weighted by Crippen LogP contribution is 2.22. The number of nitrogens with one attached hydrogen (secondary N) is 1. The molecular weight excluding hydrogens is 244 g/mol. The van der Waals surface area contributed by atoms with Gasteiger partial charge in [-0.15, -0.1) is 0 Å². The molecule has 2 rings (SSSR count). The number of hydrogen-bond acceptors (Lipinski definition) is 5. The predicted octanol–water partition coefficient (Wildman–Crippen LogP) is 1.36. The number of nitrogens with zero attached hydrogens (tertiary/aromatic N) is 2. The van der Waals surface area contributed by atoms with Gasteiger partial charge in [0.25, 0.3) is 6.43 Å². The molecule has 1 aromatic heterocycles. The minimum atomic E-state index is -2.43. The predicted molar refractivity (Wildman–Crippen MR) is 59.7 cm³/mol. The Labute approximate surface area is 104 Å². The number of piperidine rings is 1. The van der Waals surface area contributed by atoms with Crippen LogP contribution in [0, 0.1) is 0 Å². The summed E-state index contributed by atoms with van der Waals surface area (Å²) < 4.78 is 33.5. The van der Waals surface area contributed by atoms with Crippen molar-refractivity contribution in [2.45, 2.75) is 31.6 Å². The molecule has 0 unspecified atom stereocenters. The van der Waals surface area contributed by atoms with Crippen LogP contribution in [0.1, 0.15) is 30.5 Å². The van der Waals surface area contributed by atoms with Crippen LogP contribution in [0.25, 0.3) is 0 Å². The molecular formula is C11H17F2N3O2. The molecule has 0 aromatic carbocycles. The highest BCUT2D eigenvalue weighted by Gasteiger charge is 2.20. The average molecular weight is 261 g/mol. The van der Waals surface area contributed by atoms with E-state index in [4.69, 9.17) is 9.26 Å². The summed E-state index contributed by atoms with van der Waals surface area (Å²) >= 11 is 0. The molecule has 0 spiro atoms. The molecule has 1 aromatic rings. The molecule has 1 aliphatic rings. The van der Waals surface area contributed by atoms with Crippen LogP contribution in [0.15, 0.2) is 4.52 Å². The van der Waals surface area contributed by atoms with E-state index in [0.717, 1.165) is 31.8 Å². The van der Waals surface area contributed by atoms with Crippen LogP contribution in [0.2, 0.25) is 0 Å². The highest BCUT2D eigenvalue weighted by atomic mass is 19.3. The Morgan fingerprint density at radius 1 is 1.39 bits per heavy atom. The lowest BCUT2D eigenvalue weighted by Gasteiger charge is -2.18. The molecule has 0 aliphatic carbocycles. The van der Waals surface area contributed by atoms with Crippen LogP contribution in [-0.4, -0.2) is 42.9 Å². The SMILES string of the molecule is FC(F)COCCc1nc(C2CCNCC2)no1. The molecule has 7 heteroatoms. The first-order valence-electron chi connectivity index (χ1n) is 6.15. The van der Waals surface area contributed by atoms with Crippen molar-refractivity contribution in [1.82, 2.24) is 15.5 Å². The molecule has 0 radical (unpaired) electrons. The minimum Gasteiger partial charge on any atom is -0.375 e. The summed E-state index contributed by atoms with van der Waals surface area (Å²) in [5.74, 6) is 1.52. The van der Waals surface area contributed by atoms with E-state index in [1.807, 2.05) is 0 Å². The maximum atomic E-state index is 11.8. The number of aromatic nitrogens is 2. The van der Waals surface area contributed by atoms with Gasteiger partial charge in [-0.05, 0) is 25.9 Å². The second-order valence-corrected chi connectivity index (χ2v) is 4.29. The van der Waals surface area contributed by atoms with Gasteiger partial charge in [0, 0.05) is 5.92 Å². The molecule has 1 N–H and O–H groups in total. The van der Waals surface area contributed by atoms with Gasteiger partial charge in [0.2, 0.25) is 5.89 Å². The normalized spacial score (nSPS) is 17.5. The summed E-state index contributed by atoms with van der Waals surface area (Å²) in [7, 11) is 0. The number of ether oxygens (including phenoxy) is 1. The van der Waals surface area contributed by atoms with Gasteiger partial charge in [-0.25, -0.2) is 8.78 Å². The molecule has 0 amide bonds. The fraction of sp³-hybridized carbons (Fsp3) is 0.818. The van der Waals surface area contributed by atoms with Crippen LogP contribution in [-0.2, 0) is 11.2 Å². The van der Waals surface area contributed by atoms with Crippen molar-refractivity contribution in [2.24, 2.45) is 0 Å². The number of rotatable bonds is 6. The number of halogens is 2. The Bertz CT molecular complexity index is 354. The van der Waals surface area contributed by atoms with Crippen molar-refractivity contribution in [1.29, 1.82) is 0 Å². The van der Waals surface area contributed by atoms with Crippen LogP contribution in [0.4, 0.5) is 8.78 Å². The van der Waals surface area contributed by atoms with Gasteiger partial charge in [-0.2, -0.15) is 4.98 Å². The summed E-state index contributed by atoms with van der Waals surface area (Å²) in [6.07, 6.45) is -0.0511. The highest BCUT2D eigenvalue weighted by molar-refractivity contribution is 4.97. The Morgan fingerprint density at radius 2 is 2.17 bits per heavy atom. The van der Waals surface area contributed by atoms with Crippen LogP contribution >= 0.6 is 0 Å². The van der Waals surface area contributed by atoms with E-state index in [0.29, 0.717) is 18.2 Å². The lowest BCUT2D eigenvalue weighted by molar-refractivity contribution is 0.0171. The maximum absolute atomic E-state index is 11.8. The molecule has 18 heavy (non-hydrogen) atoms. The zero-order valence-corrected chi connectivity index (χ0v) is 10.1. The largest absolute Gasteiger partial charge is 0.375 e. The summed E-state index contributed by atoms with van der Waals surface area (Å²) in [6.45, 7) is 1.56. The molecule has 0 bridgehead atoms. The summed E-state index contributed by atoms with van der Waals surface area (Å²) in [4.78, 5) is 4.28. The van der Waals surface area contributed by atoms with Crippen molar-refractivity contribution >= 4 is 0 Å². The molecule has 1 aliphatic heterocycles. The zero-order chi connectivity index (χ0) is 12.8. The Hall–Kier alpha value is -1.08. The third-order valence-electron chi connectivity index (χ3n) is 2.89. The fourth-order valence-electron chi connectivity index (χ4n) is 1.95. The first kappa shape index (κ1) is 13.4. The van der Waals surface area contributed by atoms with Crippen LogP contribution in [0.5, 0.6) is 0 Å². The lowest BCUT2D eigenvalue weighted by Crippen LogP contribution is -2.27. The van der Waals surface area contributed by atoms with Gasteiger partial charge in [-0.3, -0.25) is 0 Å². The third-order valence-corrected chi connectivity index (χ3v) is 2.89. The Balaban J connectivity index is 1.75. The summed E-state index contributed by atoms with van der Waals surface area (Å²) in [5, 5.41) is 7.20. The van der Waals surface area contributed by atoms with E-state index in [-0.39, 0.29) is 6.61 Å². The van der Waals surface area contributed by atoms with Crippen molar-refractivity contribution in [3.63, 3.8) is 0 Å². The lowest BCUT2D eigenvalue weighted by atomic mass is 9.98. The van der Waals surface area contributed by atoms with Gasteiger partial charge in [-0.1, -0.05) is 5.16 Å². The molecule has 2 heterocycles. The van der Waals surface area contributed by atoms with Crippen molar-refractivity contribution < 1.29 is 18.0 Å². The van der Waals surface area contributed by atoms with Gasteiger partial charge in [0.15, 0.2) is 5.82 Å². The quantitative estimate of drug-likeness (QED) is 0.783. The standard InChI is InChI=1S/C11H17F2N3O2/c12-9(13)7-17-6-3-10-15-11(16-18-10)8-1-4-14-5-2-8/h8-9,14H,1-7H2. The second-order valence-electron chi connectivity index (χ2n) is 4.29. The second kappa shape index (κ2) is 6.75. The van der Waals surface area contributed by atoms with Gasteiger partial charge >= 0.3 is 0 Å². The first-order valence-corrected chi connectivity index (χ1v) is 6.15. The minimum absolute atomic E-state index is 0.179. The van der Waals surface area contributed by atoms with E-state index in [1.54, 1.807) is 0 Å². The van der Waals surface area contributed by atoms with E-state index in [2.05, 4.69) is 15.5 Å². The topological polar surface area (TPSA) is 60.2 Å². The molecule has 102 valence electrons. The van der Waals surface area contributed by atoms with Crippen molar-refractivity contribution in [2.75, 3.05) is 26.3 Å². The molecule has 1 fully saturated rings. The van der Waals surface area contributed by atoms with Crippen molar-refractivity contribution in [3.05, 3.63) is 11.7 Å². The van der Waals surface area contributed by atoms with E-state index < -0.39 is 13.0 Å². The average Bonchev–Trinajstić information content (AvgIpc) is 2.84. The van der Waals surface area contributed by atoms with Gasteiger partial charge in [0.05, 0.1) is 13.0 Å². The van der Waals surface area contributed by atoms with Gasteiger partial charge in [0.1, 0.15) is 6.61 Å². The molecule has 0 atom stereocenters. The molecule has 0 saturated carbocycles. The Morgan fingerprint density at radius 3 is 2.89 bits per heavy atom. The van der Waals surface area contributed by atoms with E-state index >= 15 is 0 Å². The third kappa shape index (κ3) is 3.99. The van der Waals surface area contributed by atoms with Crippen molar-refractivity contribution in [3.8, 4) is 0 Å². The van der Waals surface area contributed by atoms with Crippen LogP contribution < -0.4 is 5.32 Å². The summed E-state index contributed by atoms with van der Waals surface area (Å²) in [5.41, 5.74) is 0. The zero-order valence-electron chi connectivity index (χ0n) is 10.1. The maximum Gasteiger partial charge on any atom is 0.261 e. The molecule has 1 saturated heterocycles. The smallest absolute Gasteiger partial charge is 0.261 e. The summed E-state index contributed by atoms with van der Waals surface area (Å²) in [6, 6.07) is 0. The van der Waals surface area contributed by atoms with E-state index in [1.165, 1.54) is 0 Å². The van der Waals surface area contributed by atoms with Gasteiger partial charge < -0.3 is 14.6 Å². The number of hydrogen-bond donors (Lipinski definition) is 1. The molecule has 5 nitrogen and oxygen atoms in total.